The van der Waals surface area contributed by atoms with Crippen LogP contribution in [-0.4, -0.2) is 32.0 Å². The maximum atomic E-state index is 9.04. The fraction of sp³-hybridized carbons (Fsp3) is 0.538. The monoisotopic (exact) mass is 239 g/mol. The molecular formula is C13H21NO3. The molecule has 4 nitrogen and oxygen atoms in total. The van der Waals surface area contributed by atoms with E-state index < -0.39 is 0 Å². The first-order valence-electron chi connectivity index (χ1n) is 5.71. The van der Waals surface area contributed by atoms with Gasteiger partial charge in [0.25, 0.3) is 0 Å². The second kappa shape index (κ2) is 6.47. The molecule has 0 heterocycles. The molecule has 2 atom stereocenters. The molecule has 0 saturated carbocycles. The number of rotatable bonds is 6. The van der Waals surface area contributed by atoms with Crippen LogP contribution in [0.15, 0.2) is 18.2 Å². The fourth-order valence-electron chi connectivity index (χ4n) is 1.75. The highest BCUT2D eigenvalue weighted by atomic mass is 16.5. The molecule has 0 saturated heterocycles. The zero-order valence-electron chi connectivity index (χ0n) is 10.9. The molecule has 2 unspecified atom stereocenters. The SMILES string of the molecule is COc1ccc(OC)c(C(C)NC(C)CO)c1. The lowest BCUT2D eigenvalue weighted by Gasteiger charge is -2.21. The standard InChI is InChI=1S/C13H21NO3/c1-9(8-15)14-10(2)12-7-11(16-3)5-6-13(12)17-4/h5-7,9-10,14-15H,8H2,1-4H3. The van der Waals surface area contributed by atoms with Crippen LogP contribution >= 0.6 is 0 Å². The molecule has 0 spiro atoms. The smallest absolute Gasteiger partial charge is 0.123 e. The minimum atomic E-state index is 0.0425. The summed E-state index contributed by atoms with van der Waals surface area (Å²) < 4.78 is 10.5. The van der Waals surface area contributed by atoms with Crippen LogP contribution in [0.4, 0.5) is 0 Å². The minimum absolute atomic E-state index is 0.0425. The second-order valence-electron chi connectivity index (χ2n) is 4.08. The molecule has 0 aromatic heterocycles. The van der Waals surface area contributed by atoms with Gasteiger partial charge in [-0.1, -0.05) is 0 Å². The summed E-state index contributed by atoms with van der Waals surface area (Å²) in [6.07, 6.45) is 0. The Labute approximate surface area is 103 Å². The highest BCUT2D eigenvalue weighted by Crippen LogP contribution is 2.29. The summed E-state index contributed by atoms with van der Waals surface area (Å²) in [5.74, 6) is 1.61. The number of hydrogen-bond acceptors (Lipinski definition) is 4. The Hall–Kier alpha value is -1.26. The average Bonchev–Trinajstić information content (AvgIpc) is 2.37. The molecule has 4 heteroatoms. The Kier molecular flexibility index (Phi) is 5.25. The molecule has 2 N–H and O–H groups in total. The third-order valence-electron chi connectivity index (χ3n) is 2.71. The van der Waals surface area contributed by atoms with Gasteiger partial charge in [-0.15, -0.1) is 0 Å². The van der Waals surface area contributed by atoms with E-state index in [1.54, 1.807) is 14.2 Å². The van der Waals surface area contributed by atoms with E-state index in [0.717, 1.165) is 17.1 Å². The number of aliphatic hydroxyl groups is 1. The average molecular weight is 239 g/mol. The van der Waals surface area contributed by atoms with Gasteiger partial charge in [-0.2, -0.15) is 0 Å². The maximum Gasteiger partial charge on any atom is 0.123 e. The molecule has 0 aliphatic heterocycles. The van der Waals surface area contributed by atoms with E-state index in [0.29, 0.717) is 0 Å². The Morgan fingerprint density at radius 1 is 1.24 bits per heavy atom. The van der Waals surface area contributed by atoms with Crippen LogP contribution in [0.3, 0.4) is 0 Å². The quantitative estimate of drug-likeness (QED) is 0.794. The van der Waals surface area contributed by atoms with Crippen molar-refractivity contribution in [3.63, 3.8) is 0 Å². The minimum Gasteiger partial charge on any atom is -0.497 e. The molecule has 0 amide bonds. The highest BCUT2D eigenvalue weighted by Gasteiger charge is 2.14. The number of nitrogens with one attached hydrogen (secondary N) is 1. The van der Waals surface area contributed by atoms with Crippen molar-refractivity contribution in [2.24, 2.45) is 0 Å². The lowest BCUT2D eigenvalue weighted by Crippen LogP contribution is -2.31. The molecular weight excluding hydrogens is 218 g/mol. The van der Waals surface area contributed by atoms with Crippen molar-refractivity contribution in [2.45, 2.75) is 25.9 Å². The molecule has 96 valence electrons. The van der Waals surface area contributed by atoms with E-state index in [9.17, 15) is 0 Å². The van der Waals surface area contributed by atoms with Crippen LogP contribution < -0.4 is 14.8 Å². The Balaban J connectivity index is 2.92. The number of methoxy groups -OCH3 is 2. The van der Waals surface area contributed by atoms with E-state index in [2.05, 4.69) is 5.32 Å². The summed E-state index contributed by atoms with van der Waals surface area (Å²) in [7, 11) is 3.29. The third kappa shape index (κ3) is 3.61. The number of hydrogen-bond donors (Lipinski definition) is 2. The van der Waals surface area contributed by atoms with Crippen LogP contribution in [0.1, 0.15) is 25.5 Å². The topological polar surface area (TPSA) is 50.7 Å². The number of aliphatic hydroxyl groups excluding tert-OH is 1. The molecule has 0 fully saturated rings. The van der Waals surface area contributed by atoms with Gasteiger partial charge in [0.2, 0.25) is 0 Å². The second-order valence-corrected chi connectivity index (χ2v) is 4.08. The van der Waals surface area contributed by atoms with Gasteiger partial charge in [0, 0.05) is 17.6 Å². The molecule has 1 aromatic rings. The third-order valence-corrected chi connectivity index (χ3v) is 2.71. The summed E-state index contributed by atoms with van der Waals surface area (Å²) >= 11 is 0. The van der Waals surface area contributed by atoms with E-state index >= 15 is 0 Å². The molecule has 1 aromatic carbocycles. The largest absolute Gasteiger partial charge is 0.497 e. The van der Waals surface area contributed by atoms with Crippen molar-refractivity contribution in [2.75, 3.05) is 20.8 Å². The predicted octanol–water partition coefficient (Wildman–Crippen LogP) is 1.74. The van der Waals surface area contributed by atoms with Crippen LogP contribution in [0.25, 0.3) is 0 Å². The first kappa shape index (κ1) is 13.8. The predicted molar refractivity (Wildman–Crippen MR) is 67.6 cm³/mol. The summed E-state index contributed by atoms with van der Waals surface area (Å²) in [5, 5.41) is 12.3. The van der Waals surface area contributed by atoms with Crippen molar-refractivity contribution in [1.29, 1.82) is 0 Å². The highest BCUT2D eigenvalue weighted by molar-refractivity contribution is 5.42. The summed E-state index contributed by atoms with van der Waals surface area (Å²) in [6.45, 7) is 4.07. The lowest BCUT2D eigenvalue weighted by atomic mass is 10.1. The van der Waals surface area contributed by atoms with Crippen molar-refractivity contribution in [3.05, 3.63) is 23.8 Å². The normalized spacial score (nSPS) is 14.2. The summed E-state index contributed by atoms with van der Waals surface area (Å²) in [6, 6.07) is 5.82. The first-order chi connectivity index (χ1) is 8.12. The summed E-state index contributed by atoms with van der Waals surface area (Å²) in [4.78, 5) is 0. The molecule has 0 aliphatic carbocycles. The van der Waals surface area contributed by atoms with E-state index in [4.69, 9.17) is 14.6 Å². The molecule has 0 radical (unpaired) electrons. The van der Waals surface area contributed by atoms with E-state index in [1.165, 1.54) is 0 Å². The van der Waals surface area contributed by atoms with Gasteiger partial charge in [0.1, 0.15) is 11.5 Å². The zero-order valence-corrected chi connectivity index (χ0v) is 10.9. The maximum absolute atomic E-state index is 9.04. The van der Waals surface area contributed by atoms with E-state index in [1.807, 2.05) is 32.0 Å². The van der Waals surface area contributed by atoms with Gasteiger partial charge >= 0.3 is 0 Å². The lowest BCUT2D eigenvalue weighted by molar-refractivity contribution is 0.242. The van der Waals surface area contributed by atoms with Crippen molar-refractivity contribution in [1.82, 2.24) is 5.32 Å². The van der Waals surface area contributed by atoms with Gasteiger partial charge in [-0.05, 0) is 32.0 Å². The van der Waals surface area contributed by atoms with E-state index in [-0.39, 0.29) is 18.7 Å². The zero-order chi connectivity index (χ0) is 12.8. The van der Waals surface area contributed by atoms with Crippen molar-refractivity contribution >= 4 is 0 Å². The van der Waals surface area contributed by atoms with Gasteiger partial charge in [-0.25, -0.2) is 0 Å². The van der Waals surface area contributed by atoms with Crippen molar-refractivity contribution in [3.8, 4) is 11.5 Å². The van der Waals surface area contributed by atoms with Crippen LogP contribution in [0.5, 0.6) is 11.5 Å². The van der Waals surface area contributed by atoms with Crippen LogP contribution in [-0.2, 0) is 0 Å². The fourth-order valence-corrected chi connectivity index (χ4v) is 1.75. The number of ether oxygens (including phenoxy) is 2. The Morgan fingerprint density at radius 2 is 1.94 bits per heavy atom. The number of benzene rings is 1. The Morgan fingerprint density at radius 3 is 2.47 bits per heavy atom. The van der Waals surface area contributed by atoms with Gasteiger partial charge < -0.3 is 19.9 Å². The van der Waals surface area contributed by atoms with Gasteiger partial charge in [0.15, 0.2) is 0 Å². The molecule has 0 bridgehead atoms. The Bertz CT molecular complexity index is 355. The van der Waals surface area contributed by atoms with Gasteiger partial charge in [-0.3, -0.25) is 0 Å². The van der Waals surface area contributed by atoms with Crippen molar-refractivity contribution < 1.29 is 14.6 Å². The summed E-state index contributed by atoms with van der Waals surface area (Å²) in [5.41, 5.74) is 1.02. The molecule has 0 aliphatic rings. The first-order valence-corrected chi connectivity index (χ1v) is 5.71. The molecule has 17 heavy (non-hydrogen) atoms. The van der Waals surface area contributed by atoms with Crippen LogP contribution in [0, 0.1) is 0 Å². The van der Waals surface area contributed by atoms with Crippen LogP contribution in [0.2, 0.25) is 0 Å². The molecule has 1 rings (SSSR count). The van der Waals surface area contributed by atoms with Gasteiger partial charge in [0.05, 0.1) is 20.8 Å².